The smallest absolute Gasteiger partial charge is 0.240 e. The van der Waals surface area contributed by atoms with E-state index in [1.54, 1.807) is 6.92 Å². The zero-order chi connectivity index (χ0) is 13.2. The number of hydrogen-bond acceptors (Lipinski definition) is 4. The molecule has 0 spiro atoms. The van der Waals surface area contributed by atoms with Gasteiger partial charge < -0.3 is 5.32 Å². The van der Waals surface area contributed by atoms with Crippen molar-refractivity contribution >= 4 is 10.0 Å². The molecule has 5 nitrogen and oxygen atoms in total. The molecule has 1 aliphatic rings. The topological polar surface area (TPSA) is 82.0 Å². The summed E-state index contributed by atoms with van der Waals surface area (Å²) in [5.41, 5.74) is 1.17. The molecule has 1 atom stereocenters. The summed E-state index contributed by atoms with van der Waals surface area (Å²) in [5, 5.41) is 11.9. The van der Waals surface area contributed by atoms with Crippen LogP contribution >= 0.6 is 0 Å². The van der Waals surface area contributed by atoms with Crippen LogP contribution in [0.4, 0.5) is 0 Å². The van der Waals surface area contributed by atoms with Gasteiger partial charge in [0.1, 0.15) is 0 Å². The van der Waals surface area contributed by atoms with Crippen LogP contribution < -0.4 is 10.0 Å². The van der Waals surface area contributed by atoms with Crippen molar-refractivity contribution in [3.05, 3.63) is 29.3 Å². The molecule has 0 aliphatic carbocycles. The molecule has 2 rings (SSSR count). The number of nitrogens with zero attached hydrogens (tertiary/aromatic N) is 1. The molecule has 0 bridgehead atoms. The van der Waals surface area contributed by atoms with Gasteiger partial charge in [0.2, 0.25) is 10.0 Å². The average Bonchev–Trinajstić information content (AvgIpc) is 2.81. The monoisotopic (exact) mass is 265 g/mol. The standard InChI is InChI=1S/C12H15N3O2S/c1-9-6-12(3-2-10(9)7-13)18(16,17)15-11-4-5-14-8-11/h2-3,6,11,14-15H,4-5,8H2,1H3/t11-/m0/s1. The van der Waals surface area contributed by atoms with E-state index in [-0.39, 0.29) is 10.9 Å². The second kappa shape index (κ2) is 5.06. The highest BCUT2D eigenvalue weighted by Crippen LogP contribution is 2.15. The van der Waals surface area contributed by atoms with Gasteiger partial charge in [-0.3, -0.25) is 0 Å². The summed E-state index contributed by atoms with van der Waals surface area (Å²) >= 11 is 0. The molecule has 0 radical (unpaired) electrons. The van der Waals surface area contributed by atoms with Crippen molar-refractivity contribution in [2.45, 2.75) is 24.3 Å². The van der Waals surface area contributed by atoms with Crippen LogP contribution in [0.2, 0.25) is 0 Å². The van der Waals surface area contributed by atoms with Crippen LogP contribution in [0.25, 0.3) is 0 Å². The molecule has 0 aromatic heterocycles. The van der Waals surface area contributed by atoms with Gasteiger partial charge in [0.25, 0.3) is 0 Å². The summed E-state index contributed by atoms with van der Waals surface area (Å²) in [4.78, 5) is 0.214. The van der Waals surface area contributed by atoms with E-state index >= 15 is 0 Å². The molecule has 2 N–H and O–H groups in total. The fourth-order valence-corrected chi connectivity index (χ4v) is 3.33. The van der Waals surface area contributed by atoms with Gasteiger partial charge in [0.15, 0.2) is 0 Å². The third-order valence-corrected chi connectivity index (χ3v) is 4.53. The zero-order valence-corrected chi connectivity index (χ0v) is 10.9. The fraction of sp³-hybridized carbons (Fsp3) is 0.417. The second-order valence-electron chi connectivity index (χ2n) is 4.40. The molecule has 1 heterocycles. The molecule has 1 saturated heterocycles. The number of sulfonamides is 1. The van der Waals surface area contributed by atoms with E-state index in [0.717, 1.165) is 13.0 Å². The molecule has 0 amide bonds. The van der Waals surface area contributed by atoms with Crippen molar-refractivity contribution in [1.29, 1.82) is 5.26 Å². The van der Waals surface area contributed by atoms with E-state index < -0.39 is 10.0 Å². The van der Waals surface area contributed by atoms with Crippen molar-refractivity contribution < 1.29 is 8.42 Å². The van der Waals surface area contributed by atoms with Crippen molar-refractivity contribution in [2.24, 2.45) is 0 Å². The Morgan fingerprint density at radius 1 is 1.50 bits per heavy atom. The molecular formula is C12H15N3O2S. The molecule has 6 heteroatoms. The van der Waals surface area contributed by atoms with Gasteiger partial charge in [-0.1, -0.05) is 0 Å². The van der Waals surface area contributed by atoms with E-state index in [9.17, 15) is 8.42 Å². The number of benzene rings is 1. The average molecular weight is 265 g/mol. The highest BCUT2D eigenvalue weighted by molar-refractivity contribution is 7.89. The van der Waals surface area contributed by atoms with E-state index in [2.05, 4.69) is 10.0 Å². The van der Waals surface area contributed by atoms with E-state index in [1.165, 1.54) is 18.2 Å². The molecule has 1 fully saturated rings. The van der Waals surface area contributed by atoms with Crippen LogP contribution in [-0.4, -0.2) is 27.5 Å². The number of rotatable bonds is 3. The molecule has 1 aromatic rings. The first-order chi connectivity index (χ1) is 8.53. The minimum atomic E-state index is -3.49. The summed E-state index contributed by atoms with van der Waals surface area (Å²) < 4.78 is 26.9. The Kier molecular flexibility index (Phi) is 3.66. The lowest BCUT2D eigenvalue weighted by molar-refractivity contribution is 0.560. The Balaban J connectivity index is 2.24. The van der Waals surface area contributed by atoms with Gasteiger partial charge in [-0.25, -0.2) is 13.1 Å². The second-order valence-corrected chi connectivity index (χ2v) is 6.11. The van der Waals surface area contributed by atoms with Crippen LogP contribution in [0, 0.1) is 18.3 Å². The van der Waals surface area contributed by atoms with Gasteiger partial charge in [-0.05, 0) is 43.7 Å². The van der Waals surface area contributed by atoms with Crippen molar-refractivity contribution in [1.82, 2.24) is 10.0 Å². The Morgan fingerprint density at radius 2 is 2.28 bits per heavy atom. The first kappa shape index (κ1) is 13.0. The maximum atomic E-state index is 12.1. The lowest BCUT2D eigenvalue weighted by Crippen LogP contribution is -2.36. The highest BCUT2D eigenvalue weighted by atomic mass is 32.2. The third kappa shape index (κ3) is 2.70. The van der Waals surface area contributed by atoms with Gasteiger partial charge >= 0.3 is 0 Å². The number of nitrogens with one attached hydrogen (secondary N) is 2. The molecule has 96 valence electrons. The zero-order valence-electron chi connectivity index (χ0n) is 10.1. The highest BCUT2D eigenvalue weighted by Gasteiger charge is 2.22. The third-order valence-electron chi connectivity index (χ3n) is 3.01. The van der Waals surface area contributed by atoms with Gasteiger partial charge in [0, 0.05) is 12.6 Å². The Hall–Kier alpha value is -1.42. The number of hydrogen-bond donors (Lipinski definition) is 2. The molecule has 1 aliphatic heterocycles. The summed E-state index contributed by atoms with van der Waals surface area (Å²) in [6.07, 6.45) is 0.800. The Bertz CT molecular complexity index is 584. The Morgan fingerprint density at radius 3 is 2.83 bits per heavy atom. The number of aryl methyl sites for hydroxylation is 1. The predicted molar refractivity (Wildman–Crippen MR) is 67.5 cm³/mol. The van der Waals surface area contributed by atoms with Gasteiger partial charge in [0.05, 0.1) is 16.5 Å². The molecule has 18 heavy (non-hydrogen) atoms. The van der Waals surface area contributed by atoms with Crippen molar-refractivity contribution in [3.63, 3.8) is 0 Å². The summed E-state index contributed by atoms with van der Waals surface area (Å²) in [6, 6.07) is 6.51. The number of nitriles is 1. The maximum Gasteiger partial charge on any atom is 0.240 e. The summed E-state index contributed by atoms with van der Waals surface area (Å²) in [7, 11) is -3.49. The van der Waals surface area contributed by atoms with Crippen LogP contribution in [0.15, 0.2) is 23.1 Å². The summed E-state index contributed by atoms with van der Waals surface area (Å²) in [6.45, 7) is 3.22. The largest absolute Gasteiger partial charge is 0.315 e. The summed E-state index contributed by atoms with van der Waals surface area (Å²) in [5.74, 6) is 0. The van der Waals surface area contributed by atoms with E-state index in [0.29, 0.717) is 17.7 Å². The van der Waals surface area contributed by atoms with Gasteiger partial charge in [-0.15, -0.1) is 0 Å². The first-order valence-electron chi connectivity index (χ1n) is 5.77. The molecule has 1 aromatic carbocycles. The molecule has 0 saturated carbocycles. The van der Waals surface area contributed by atoms with Crippen LogP contribution in [0.1, 0.15) is 17.5 Å². The van der Waals surface area contributed by atoms with Crippen LogP contribution in [-0.2, 0) is 10.0 Å². The first-order valence-corrected chi connectivity index (χ1v) is 7.25. The lowest BCUT2D eigenvalue weighted by atomic mass is 10.1. The minimum absolute atomic E-state index is 0.0500. The normalized spacial score (nSPS) is 19.7. The molecular weight excluding hydrogens is 250 g/mol. The van der Waals surface area contributed by atoms with Crippen molar-refractivity contribution in [2.75, 3.05) is 13.1 Å². The quantitative estimate of drug-likeness (QED) is 0.834. The van der Waals surface area contributed by atoms with Crippen LogP contribution in [0.5, 0.6) is 0 Å². The van der Waals surface area contributed by atoms with Crippen LogP contribution in [0.3, 0.4) is 0 Å². The lowest BCUT2D eigenvalue weighted by Gasteiger charge is -2.12. The van der Waals surface area contributed by atoms with Gasteiger partial charge in [-0.2, -0.15) is 5.26 Å². The maximum absolute atomic E-state index is 12.1. The van der Waals surface area contributed by atoms with E-state index in [4.69, 9.17) is 5.26 Å². The van der Waals surface area contributed by atoms with Crippen molar-refractivity contribution in [3.8, 4) is 6.07 Å². The predicted octanol–water partition coefficient (Wildman–Crippen LogP) is 0.507. The van der Waals surface area contributed by atoms with E-state index in [1.807, 2.05) is 6.07 Å². The fourth-order valence-electron chi connectivity index (χ4n) is 1.97. The molecule has 0 unspecified atom stereocenters. The Labute approximate surface area is 107 Å². The minimum Gasteiger partial charge on any atom is -0.315 e. The SMILES string of the molecule is Cc1cc(S(=O)(=O)N[C@H]2CCNC2)ccc1C#N.